The molecule has 6 nitrogen and oxygen atoms in total. The lowest BCUT2D eigenvalue weighted by Gasteiger charge is -2.31. The van der Waals surface area contributed by atoms with Gasteiger partial charge in [-0.3, -0.25) is 4.79 Å². The number of morpholine rings is 1. The molecule has 1 saturated heterocycles. The maximum Gasteiger partial charge on any atom is 0.334 e. The average Bonchev–Trinajstić information content (AvgIpc) is 2.52. The lowest BCUT2D eigenvalue weighted by atomic mass is 10.1. The van der Waals surface area contributed by atoms with Gasteiger partial charge >= 0.3 is 5.97 Å². The van der Waals surface area contributed by atoms with Gasteiger partial charge in [0.2, 0.25) is 5.91 Å². The minimum absolute atomic E-state index is 0.0598. The summed E-state index contributed by atoms with van der Waals surface area (Å²) < 4.78 is 10.4. The summed E-state index contributed by atoms with van der Waals surface area (Å²) in [5, 5.41) is 8.93. The van der Waals surface area contributed by atoms with E-state index in [-0.39, 0.29) is 19.1 Å². The van der Waals surface area contributed by atoms with Crippen molar-refractivity contribution in [3.8, 4) is 5.75 Å². The molecule has 1 unspecified atom stereocenters. The third-order valence-corrected chi connectivity index (χ3v) is 3.50. The first-order valence-electron chi connectivity index (χ1n) is 6.86. The number of nitrogens with zero attached hydrogens (tertiary/aromatic N) is 1. The first-order chi connectivity index (χ1) is 10.1. The van der Waals surface area contributed by atoms with E-state index in [4.69, 9.17) is 14.6 Å². The van der Waals surface area contributed by atoms with Crippen LogP contribution in [0.15, 0.2) is 24.3 Å². The molecule has 1 aromatic carbocycles. The van der Waals surface area contributed by atoms with E-state index in [0.29, 0.717) is 19.4 Å². The molecule has 1 aliphatic heterocycles. The molecule has 1 aliphatic rings. The van der Waals surface area contributed by atoms with E-state index < -0.39 is 12.1 Å². The Balaban J connectivity index is 1.91. The molecule has 0 bridgehead atoms. The Bertz CT molecular complexity index is 517. The summed E-state index contributed by atoms with van der Waals surface area (Å²) >= 11 is 0. The third-order valence-electron chi connectivity index (χ3n) is 3.50. The molecule has 0 spiro atoms. The van der Waals surface area contributed by atoms with Crippen molar-refractivity contribution in [1.82, 2.24) is 4.90 Å². The molecule has 1 fully saturated rings. The number of carboxylic acid groups (broad SMARTS) is 1. The van der Waals surface area contributed by atoms with Crippen LogP contribution in [0.25, 0.3) is 0 Å². The minimum Gasteiger partial charge on any atom is -0.496 e. The number of hydrogen-bond donors (Lipinski definition) is 1. The summed E-state index contributed by atoms with van der Waals surface area (Å²) in [7, 11) is 1.60. The maximum absolute atomic E-state index is 12.2. The first kappa shape index (κ1) is 15.3. The second kappa shape index (κ2) is 7.08. The fourth-order valence-electron chi connectivity index (χ4n) is 2.33. The highest BCUT2D eigenvalue weighted by molar-refractivity contribution is 5.79. The van der Waals surface area contributed by atoms with Gasteiger partial charge in [0, 0.05) is 13.0 Å². The highest BCUT2D eigenvalue weighted by Crippen LogP contribution is 2.19. The second-order valence-corrected chi connectivity index (χ2v) is 4.85. The van der Waals surface area contributed by atoms with Crippen LogP contribution >= 0.6 is 0 Å². The molecular formula is C15H19NO5. The molecule has 1 heterocycles. The summed E-state index contributed by atoms with van der Waals surface area (Å²) in [5.74, 6) is -0.330. The fraction of sp³-hybridized carbons (Fsp3) is 0.467. The molecule has 0 aliphatic carbocycles. The molecule has 21 heavy (non-hydrogen) atoms. The van der Waals surface area contributed by atoms with Gasteiger partial charge in [0.25, 0.3) is 0 Å². The van der Waals surface area contributed by atoms with Crippen LogP contribution in [0.3, 0.4) is 0 Å². The Kier molecular flexibility index (Phi) is 5.16. The van der Waals surface area contributed by atoms with Crippen LogP contribution in [0.2, 0.25) is 0 Å². The average molecular weight is 293 g/mol. The number of carbonyl (C=O) groups excluding carboxylic acids is 1. The summed E-state index contributed by atoms with van der Waals surface area (Å²) in [4.78, 5) is 24.6. The van der Waals surface area contributed by atoms with E-state index in [2.05, 4.69) is 0 Å². The van der Waals surface area contributed by atoms with Crippen molar-refractivity contribution in [2.75, 3.05) is 26.8 Å². The summed E-state index contributed by atoms with van der Waals surface area (Å²) in [5.41, 5.74) is 0.969. The van der Waals surface area contributed by atoms with Gasteiger partial charge < -0.3 is 19.5 Å². The van der Waals surface area contributed by atoms with E-state index in [0.717, 1.165) is 11.3 Å². The van der Waals surface area contributed by atoms with Crippen molar-refractivity contribution in [1.29, 1.82) is 0 Å². The van der Waals surface area contributed by atoms with E-state index in [1.54, 1.807) is 12.0 Å². The Morgan fingerprint density at radius 2 is 2.19 bits per heavy atom. The van der Waals surface area contributed by atoms with Crippen LogP contribution < -0.4 is 4.74 Å². The number of carbonyl (C=O) groups is 2. The Labute approximate surface area is 123 Å². The largest absolute Gasteiger partial charge is 0.496 e. The number of amides is 1. The molecule has 1 aromatic rings. The van der Waals surface area contributed by atoms with Gasteiger partial charge in [0.05, 0.1) is 20.3 Å². The molecule has 0 radical (unpaired) electrons. The zero-order chi connectivity index (χ0) is 15.2. The lowest BCUT2D eigenvalue weighted by molar-refractivity contribution is -0.159. The van der Waals surface area contributed by atoms with Crippen LogP contribution in [-0.2, 0) is 20.7 Å². The zero-order valence-corrected chi connectivity index (χ0v) is 11.9. The molecule has 114 valence electrons. The van der Waals surface area contributed by atoms with Gasteiger partial charge in [0.1, 0.15) is 5.75 Å². The monoisotopic (exact) mass is 293 g/mol. The lowest BCUT2D eigenvalue weighted by Crippen LogP contribution is -2.48. The standard InChI is InChI=1S/C15H19NO5/c1-20-12-5-3-2-4-11(12)6-7-14(17)16-8-9-21-13(10-16)15(18)19/h2-5,13H,6-10H2,1H3,(H,18,19). The van der Waals surface area contributed by atoms with E-state index in [1.807, 2.05) is 24.3 Å². The summed E-state index contributed by atoms with van der Waals surface area (Å²) in [6.07, 6.45) is -0.0288. The molecule has 6 heteroatoms. The Morgan fingerprint density at radius 1 is 1.43 bits per heavy atom. The molecule has 0 saturated carbocycles. The number of benzene rings is 1. The van der Waals surface area contributed by atoms with Crippen molar-refractivity contribution in [3.63, 3.8) is 0 Å². The van der Waals surface area contributed by atoms with Crippen LogP contribution in [0.4, 0.5) is 0 Å². The van der Waals surface area contributed by atoms with Gasteiger partial charge in [0.15, 0.2) is 6.10 Å². The van der Waals surface area contributed by atoms with Crippen LogP contribution in [0, 0.1) is 0 Å². The highest BCUT2D eigenvalue weighted by Gasteiger charge is 2.28. The second-order valence-electron chi connectivity index (χ2n) is 4.85. The Hall–Kier alpha value is -2.08. The predicted octanol–water partition coefficient (Wildman–Crippen LogP) is 0.940. The molecule has 2 rings (SSSR count). The van der Waals surface area contributed by atoms with Crippen LogP contribution in [0.1, 0.15) is 12.0 Å². The van der Waals surface area contributed by atoms with Gasteiger partial charge in [-0.15, -0.1) is 0 Å². The van der Waals surface area contributed by atoms with Crippen molar-refractivity contribution in [2.45, 2.75) is 18.9 Å². The number of carboxylic acids is 1. The maximum atomic E-state index is 12.2. The zero-order valence-electron chi connectivity index (χ0n) is 11.9. The normalized spacial score (nSPS) is 18.3. The smallest absolute Gasteiger partial charge is 0.334 e. The number of rotatable bonds is 5. The molecule has 1 atom stereocenters. The number of ether oxygens (including phenoxy) is 2. The van der Waals surface area contributed by atoms with Crippen LogP contribution in [0.5, 0.6) is 5.75 Å². The molecule has 1 amide bonds. The number of methoxy groups -OCH3 is 1. The van der Waals surface area contributed by atoms with Gasteiger partial charge in [-0.2, -0.15) is 0 Å². The SMILES string of the molecule is COc1ccccc1CCC(=O)N1CCOC(C(=O)O)C1. The van der Waals surface area contributed by atoms with Crippen molar-refractivity contribution >= 4 is 11.9 Å². The van der Waals surface area contributed by atoms with E-state index in [9.17, 15) is 9.59 Å². The highest BCUT2D eigenvalue weighted by atomic mass is 16.5. The quantitative estimate of drug-likeness (QED) is 0.874. The number of hydrogen-bond acceptors (Lipinski definition) is 4. The third kappa shape index (κ3) is 3.95. The number of aliphatic carboxylic acids is 1. The summed E-state index contributed by atoms with van der Waals surface area (Å²) in [6, 6.07) is 7.56. The van der Waals surface area contributed by atoms with Gasteiger partial charge in [-0.25, -0.2) is 4.79 Å². The first-order valence-corrected chi connectivity index (χ1v) is 6.86. The Morgan fingerprint density at radius 3 is 2.90 bits per heavy atom. The van der Waals surface area contributed by atoms with Gasteiger partial charge in [-0.1, -0.05) is 18.2 Å². The number of aryl methyl sites for hydroxylation is 1. The number of para-hydroxylation sites is 1. The van der Waals surface area contributed by atoms with Crippen LogP contribution in [-0.4, -0.2) is 54.8 Å². The van der Waals surface area contributed by atoms with Crippen molar-refractivity contribution in [3.05, 3.63) is 29.8 Å². The molecule has 1 N–H and O–H groups in total. The van der Waals surface area contributed by atoms with Crippen molar-refractivity contribution < 1.29 is 24.2 Å². The minimum atomic E-state index is -1.03. The predicted molar refractivity (Wildman–Crippen MR) is 75.3 cm³/mol. The topological polar surface area (TPSA) is 76.1 Å². The summed E-state index contributed by atoms with van der Waals surface area (Å²) in [6.45, 7) is 0.812. The van der Waals surface area contributed by atoms with Crippen molar-refractivity contribution in [2.24, 2.45) is 0 Å². The molecular weight excluding hydrogens is 274 g/mol. The molecule has 0 aromatic heterocycles. The van der Waals surface area contributed by atoms with E-state index in [1.165, 1.54) is 0 Å². The van der Waals surface area contributed by atoms with Gasteiger partial charge in [-0.05, 0) is 18.1 Å². The fourth-order valence-corrected chi connectivity index (χ4v) is 2.33. The van der Waals surface area contributed by atoms with E-state index >= 15 is 0 Å².